The first-order valence-corrected chi connectivity index (χ1v) is 5.01. The van der Waals surface area contributed by atoms with E-state index in [1.807, 2.05) is 0 Å². The van der Waals surface area contributed by atoms with Gasteiger partial charge in [0.2, 0.25) is 0 Å². The molecule has 0 spiro atoms. The fourth-order valence-corrected chi connectivity index (χ4v) is 1.86. The molecule has 0 aliphatic carbocycles. The Bertz CT molecular complexity index is 452. The van der Waals surface area contributed by atoms with Gasteiger partial charge in [-0.3, -0.25) is 4.68 Å². The molecule has 62 valence electrons. The van der Waals surface area contributed by atoms with E-state index in [9.17, 15) is 8.42 Å². The summed E-state index contributed by atoms with van der Waals surface area (Å²) in [4.78, 5) is -0.517. The molecule has 11 heavy (non-hydrogen) atoms. The summed E-state index contributed by atoms with van der Waals surface area (Å²) in [5.74, 6) is 0. The van der Waals surface area contributed by atoms with Gasteiger partial charge in [0, 0.05) is 28.0 Å². The number of hydrogen-bond acceptors (Lipinski definition) is 3. The summed E-state index contributed by atoms with van der Waals surface area (Å²) in [6, 6.07) is 0. The zero-order chi connectivity index (χ0) is 11.1. The van der Waals surface area contributed by atoms with Gasteiger partial charge in [-0.2, -0.15) is 5.10 Å². The van der Waals surface area contributed by atoms with Crippen LogP contribution in [0.1, 0.15) is 4.11 Å². The van der Waals surface area contributed by atoms with Crippen LogP contribution in [0.4, 0.5) is 0 Å². The molecule has 0 aliphatic rings. The molecule has 0 radical (unpaired) electrons. The number of rotatable bonds is 1. The maximum absolute atomic E-state index is 10.8. The second-order valence-electron chi connectivity index (χ2n) is 1.67. The van der Waals surface area contributed by atoms with Crippen molar-refractivity contribution in [1.29, 1.82) is 0 Å². The van der Waals surface area contributed by atoms with E-state index in [1.165, 1.54) is 0 Å². The van der Waals surface area contributed by atoms with Crippen molar-refractivity contribution in [1.82, 2.24) is 9.78 Å². The minimum atomic E-state index is -4.07. The minimum Gasteiger partial charge on any atom is -0.273 e. The first kappa shape index (κ1) is 5.40. The lowest BCUT2D eigenvalue weighted by atomic mass is 10.7. The van der Waals surface area contributed by atoms with E-state index in [2.05, 4.69) is 5.10 Å². The standard InChI is InChI=1S/C4H4Cl2N2O2S/c1-8-2-3(4(5)7-8)11(6,9)10/h2H,1H3/i1D3. The maximum Gasteiger partial charge on any atom is 0.265 e. The zero-order valence-electron chi connectivity index (χ0n) is 7.95. The molecule has 1 heterocycles. The maximum atomic E-state index is 10.8. The minimum absolute atomic E-state index is 0.462. The van der Waals surface area contributed by atoms with Gasteiger partial charge in [0.25, 0.3) is 9.05 Å². The fraction of sp³-hybridized carbons (Fsp3) is 0.250. The van der Waals surface area contributed by atoms with Crippen molar-refractivity contribution in [3.63, 3.8) is 0 Å². The van der Waals surface area contributed by atoms with Crippen LogP contribution in [0.2, 0.25) is 5.15 Å². The largest absolute Gasteiger partial charge is 0.273 e. The van der Waals surface area contributed by atoms with E-state index in [0.717, 1.165) is 6.20 Å². The van der Waals surface area contributed by atoms with Crippen LogP contribution in [0.5, 0.6) is 0 Å². The number of aromatic nitrogens is 2. The highest BCUT2D eigenvalue weighted by Crippen LogP contribution is 2.21. The lowest BCUT2D eigenvalue weighted by molar-refractivity contribution is 0.609. The van der Waals surface area contributed by atoms with Crippen molar-refractivity contribution >= 4 is 31.3 Å². The van der Waals surface area contributed by atoms with Crippen molar-refractivity contribution < 1.29 is 12.5 Å². The van der Waals surface area contributed by atoms with Crippen LogP contribution in [-0.2, 0) is 16.0 Å². The summed E-state index contributed by atoms with van der Waals surface area (Å²) >= 11 is 5.39. The Morgan fingerprint density at radius 3 is 2.73 bits per heavy atom. The number of hydrogen-bond donors (Lipinski definition) is 0. The Kier molecular flexibility index (Phi) is 1.30. The summed E-state index contributed by atoms with van der Waals surface area (Å²) in [5.41, 5.74) is 0. The highest BCUT2D eigenvalue weighted by molar-refractivity contribution is 8.13. The Labute approximate surface area is 77.4 Å². The van der Waals surface area contributed by atoms with Crippen molar-refractivity contribution in [3.05, 3.63) is 11.3 Å². The molecule has 0 atom stereocenters. The molecule has 4 nitrogen and oxygen atoms in total. The quantitative estimate of drug-likeness (QED) is 0.660. The van der Waals surface area contributed by atoms with Gasteiger partial charge in [0.15, 0.2) is 5.15 Å². The molecule has 0 saturated carbocycles. The van der Waals surface area contributed by atoms with Gasteiger partial charge >= 0.3 is 0 Å². The lowest BCUT2D eigenvalue weighted by Crippen LogP contribution is -1.88. The molecular formula is C4H4Cl2N2O2S. The van der Waals surface area contributed by atoms with E-state index in [0.29, 0.717) is 4.68 Å². The Hall–Kier alpha value is -0.260. The van der Waals surface area contributed by atoms with E-state index in [1.54, 1.807) is 0 Å². The normalized spacial score (nSPS) is 17.1. The summed E-state index contributed by atoms with van der Waals surface area (Å²) in [6.45, 7) is -2.58. The summed E-state index contributed by atoms with van der Waals surface area (Å²) in [7, 11) is 0.912. The van der Waals surface area contributed by atoms with E-state index in [-0.39, 0.29) is 0 Å². The van der Waals surface area contributed by atoms with Crippen LogP contribution < -0.4 is 0 Å². The second kappa shape index (κ2) is 2.66. The molecule has 0 N–H and O–H groups in total. The van der Waals surface area contributed by atoms with Gasteiger partial charge in [-0.05, 0) is 0 Å². The molecule has 0 amide bonds. The monoisotopic (exact) mass is 217 g/mol. The molecule has 0 saturated heterocycles. The predicted molar refractivity (Wildman–Crippen MR) is 41.3 cm³/mol. The van der Waals surface area contributed by atoms with Gasteiger partial charge in [0.1, 0.15) is 4.90 Å². The van der Waals surface area contributed by atoms with Crippen molar-refractivity contribution in [2.45, 2.75) is 4.90 Å². The van der Waals surface area contributed by atoms with Crippen molar-refractivity contribution in [2.24, 2.45) is 6.98 Å². The molecule has 1 aromatic rings. The number of aryl methyl sites for hydroxylation is 1. The lowest BCUT2D eigenvalue weighted by Gasteiger charge is -1.86. The highest BCUT2D eigenvalue weighted by atomic mass is 35.7. The molecule has 7 heteroatoms. The molecule has 0 unspecified atom stereocenters. The average molecular weight is 218 g/mol. The summed E-state index contributed by atoms with van der Waals surface area (Å²) < 4.78 is 42.9. The van der Waals surface area contributed by atoms with E-state index < -0.39 is 26.1 Å². The molecule has 0 fully saturated rings. The highest BCUT2D eigenvalue weighted by Gasteiger charge is 2.17. The molecular weight excluding hydrogens is 211 g/mol. The Morgan fingerprint density at radius 1 is 1.82 bits per heavy atom. The van der Waals surface area contributed by atoms with Gasteiger partial charge in [-0.25, -0.2) is 8.42 Å². The van der Waals surface area contributed by atoms with Crippen LogP contribution in [0.25, 0.3) is 0 Å². The third kappa shape index (κ3) is 1.85. The number of halogens is 2. The van der Waals surface area contributed by atoms with E-state index in [4.69, 9.17) is 26.4 Å². The van der Waals surface area contributed by atoms with Gasteiger partial charge in [-0.1, -0.05) is 11.6 Å². The third-order valence-electron chi connectivity index (χ3n) is 0.901. The second-order valence-corrected chi connectivity index (χ2v) is 4.56. The van der Waals surface area contributed by atoms with Crippen molar-refractivity contribution in [2.75, 3.05) is 0 Å². The average Bonchev–Trinajstić information content (AvgIpc) is 2.27. The smallest absolute Gasteiger partial charge is 0.265 e. The first-order valence-electron chi connectivity index (χ1n) is 3.82. The SMILES string of the molecule is [2H]C([2H])([2H])n1cc(S(=O)(=O)Cl)c(Cl)n1. The fourth-order valence-electron chi connectivity index (χ4n) is 0.501. The molecule has 0 aliphatic heterocycles. The van der Waals surface area contributed by atoms with E-state index >= 15 is 0 Å². The molecule has 1 aromatic heterocycles. The molecule has 0 aromatic carbocycles. The molecule has 1 rings (SSSR count). The van der Waals surface area contributed by atoms with Gasteiger partial charge in [0.05, 0.1) is 0 Å². The number of nitrogens with zero attached hydrogens (tertiary/aromatic N) is 2. The van der Waals surface area contributed by atoms with Gasteiger partial charge in [-0.15, -0.1) is 0 Å². The van der Waals surface area contributed by atoms with Crippen molar-refractivity contribution in [3.8, 4) is 0 Å². The first-order chi connectivity index (χ1) is 6.12. The third-order valence-corrected chi connectivity index (χ3v) is 2.62. The Balaban J connectivity index is 3.33. The summed E-state index contributed by atoms with van der Waals surface area (Å²) in [5, 5.41) is 2.84. The van der Waals surface area contributed by atoms with Crippen LogP contribution in [0.3, 0.4) is 0 Å². The topological polar surface area (TPSA) is 52.0 Å². The zero-order valence-corrected chi connectivity index (χ0v) is 7.28. The van der Waals surface area contributed by atoms with Crippen LogP contribution in [0, 0.1) is 0 Å². The van der Waals surface area contributed by atoms with Crippen LogP contribution in [0.15, 0.2) is 11.1 Å². The predicted octanol–water partition coefficient (Wildman–Crippen LogP) is 1.00. The molecule has 0 bridgehead atoms. The van der Waals surface area contributed by atoms with Gasteiger partial charge < -0.3 is 0 Å². The summed E-state index contributed by atoms with van der Waals surface area (Å²) in [6.07, 6.45) is 0.762. The van der Waals surface area contributed by atoms with Crippen LogP contribution >= 0.6 is 22.3 Å². The van der Waals surface area contributed by atoms with Crippen LogP contribution in [-0.4, -0.2) is 18.2 Å². The Morgan fingerprint density at radius 2 is 2.45 bits per heavy atom.